The Morgan fingerprint density at radius 3 is 2.34 bits per heavy atom. The lowest BCUT2D eigenvalue weighted by Crippen LogP contribution is -2.49. The summed E-state index contributed by atoms with van der Waals surface area (Å²) < 4.78 is 1.45. The van der Waals surface area contributed by atoms with Gasteiger partial charge in [0.15, 0.2) is 0 Å². The van der Waals surface area contributed by atoms with Crippen molar-refractivity contribution in [2.45, 2.75) is 45.4 Å². The zero-order chi connectivity index (χ0) is 20.2. The van der Waals surface area contributed by atoms with Gasteiger partial charge < -0.3 is 9.80 Å². The van der Waals surface area contributed by atoms with Crippen LogP contribution in [-0.4, -0.2) is 46.8 Å². The Morgan fingerprint density at radius 1 is 0.966 bits per heavy atom. The molecule has 6 nitrogen and oxygen atoms in total. The fraction of sp³-hybridized carbons (Fsp3) is 0.522. The molecule has 1 aromatic heterocycles. The van der Waals surface area contributed by atoms with E-state index < -0.39 is 0 Å². The number of piperazine rings is 1. The van der Waals surface area contributed by atoms with Crippen LogP contribution in [0, 0.1) is 12.8 Å². The molecular formula is C23H30N4O2. The molecule has 1 amide bonds. The summed E-state index contributed by atoms with van der Waals surface area (Å²) >= 11 is 0. The van der Waals surface area contributed by atoms with E-state index in [4.69, 9.17) is 0 Å². The number of aryl methyl sites for hydroxylation is 1. The Balaban J connectivity index is 1.39. The summed E-state index contributed by atoms with van der Waals surface area (Å²) in [6, 6.07) is 11.1. The van der Waals surface area contributed by atoms with Crippen molar-refractivity contribution in [2.24, 2.45) is 5.92 Å². The van der Waals surface area contributed by atoms with E-state index in [0.29, 0.717) is 18.2 Å². The first-order valence-corrected chi connectivity index (χ1v) is 10.8. The fourth-order valence-corrected chi connectivity index (χ4v) is 4.39. The maximum atomic E-state index is 12.7. The number of aromatic nitrogens is 2. The van der Waals surface area contributed by atoms with E-state index in [1.165, 1.54) is 36.8 Å². The van der Waals surface area contributed by atoms with Crippen LogP contribution >= 0.6 is 0 Å². The van der Waals surface area contributed by atoms with Crippen LogP contribution in [0.2, 0.25) is 0 Å². The van der Waals surface area contributed by atoms with E-state index in [1.54, 1.807) is 12.1 Å². The molecule has 2 fully saturated rings. The number of hydrogen-bond acceptors (Lipinski definition) is 4. The van der Waals surface area contributed by atoms with Gasteiger partial charge in [0.25, 0.3) is 5.56 Å². The van der Waals surface area contributed by atoms with E-state index >= 15 is 0 Å². The molecule has 2 heterocycles. The van der Waals surface area contributed by atoms with Crippen molar-refractivity contribution in [1.82, 2.24) is 14.7 Å². The third-order valence-electron chi connectivity index (χ3n) is 6.21. The maximum Gasteiger partial charge on any atom is 0.271 e. The Morgan fingerprint density at radius 2 is 1.66 bits per heavy atom. The van der Waals surface area contributed by atoms with Crippen molar-refractivity contribution < 1.29 is 4.79 Å². The first-order valence-electron chi connectivity index (χ1n) is 10.8. The van der Waals surface area contributed by atoms with Crippen LogP contribution in [0.25, 0.3) is 5.69 Å². The predicted octanol–water partition coefficient (Wildman–Crippen LogP) is 3.16. The molecule has 29 heavy (non-hydrogen) atoms. The highest BCUT2D eigenvalue weighted by Crippen LogP contribution is 2.27. The second-order valence-electron chi connectivity index (χ2n) is 8.35. The Bertz CT molecular complexity index is 892. The Hall–Kier alpha value is -2.63. The average Bonchev–Trinajstić information content (AvgIpc) is 2.76. The maximum absolute atomic E-state index is 12.7. The van der Waals surface area contributed by atoms with Crippen LogP contribution in [0.1, 0.15) is 44.1 Å². The molecule has 2 aliphatic rings. The van der Waals surface area contributed by atoms with E-state index in [9.17, 15) is 9.59 Å². The normalized spacial score (nSPS) is 18.1. The minimum atomic E-state index is -0.140. The van der Waals surface area contributed by atoms with Crippen molar-refractivity contribution in [3.63, 3.8) is 0 Å². The molecule has 1 aromatic carbocycles. The van der Waals surface area contributed by atoms with Crippen LogP contribution in [0.4, 0.5) is 5.82 Å². The largest absolute Gasteiger partial charge is 0.352 e. The molecule has 0 radical (unpaired) electrons. The van der Waals surface area contributed by atoms with Gasteiger partial charge in [-0.15, -0.1) is 5.10 Å². The summed E-state index contributed by atoms with van der Waals surface area (Å²) in [4.78, 5) is 29.1. The standard InChI is InChI=1S/C23H30N4O2/c1-18-7-9-20(10-8-18)27-22(28)12-11-21(24-27)25-13-15-26(16-14-25)23(29)17-19-5-3-2-4-6-19/h7-12,19H,2-6,13-17H2,1H3. The summed E-state index contributed by atoms with van der Waals surface area (Å²) in [5.74, 6) is 1.66. The molecular weight excluding hydrogens is 364 g/mol. The number of nitrogens with zero attached hydrogens (tertiary/aromatic N) is 4. The second kappa shape index (κ2) is 8.80. The van der Waals surface area contributed by atoms with Gasteiger partial charge in [0.1, 0.15) is 5.82 Å². The van der Waals surface area contributed by atoms with Crippen molar-refractivity contribution in [3.8, 4) is 5.69 Å². The zero-order valence-corrected chi connectivity index (χ0v) is 17.2. The second-order valence-corrected chi connectivity index (χ2v) is 8.35. The summed E-state index contributed by atoms with van der Waals surface area (Å²) in [5.41, 5.74) is 1.77. The molecule has 1 aliphatic heterocycles. The van der Waals surface area contributed by atoms with Gasteiger partial charge in [-0.1, -0.05) is 37.0 Å². The number of carbonyl (C=O) groups excluding carboxylic acids is 1. The molecule has 0 unspecified atom stereocenters. The number of amides is 1. The summed E-state index contributed by atoms with van der Waals surface area (Å²) in [5, 5.41) is 4.59. The van der Waals surface area contributed by atoms with Gasteiger partial charge in [-0.05, 0) is 43.9 Å². The highest BCUT2D eigenvalue weighted by molar-refractivity contribution is 5.76. The smallest absolute Gasteiger partial charge is 0.271 e. The monoisotopic (exact) mass is 394 g/mol. The SMILES string of the molecule is Cc1ccc(-n2nc(N3CCN(C(=O)CC4CCCCC4)CC3)ccc2=O)cc1. The van der Waals surface area contributed by atoms with E-state index in [0.717, 1.165) is 43.2 Å². The third kappa shape index (κ3) is 4.69. The lowest BCUT2D eigenvalue weighted by Gasteiger charge is -2.36. The minimum absolute atomic E-state index is 0.140. The average molecular weight is 395 g/mol. The number of anilines is 1. The molecule has 154 valence electrons. The number of hydrogen-bond donors (Lipinski definition) is 0. The Labute approximate surface area is 172 Å². The molecule has 1 saturated carbocycles. The first kappa shape index (κ1) is 19.7. The molecule has 4 rings (SSSR count). The van der Waals surface area contributed by atoms with Crippen molar-refractivity contribution in [2.75, 3.05) is 31.1 Å². The highest BCUT2D eigenvalue weighted by atomic mass is 16.2. The topological polar surface area (TPSA) is 58.4 Å². The van der Waals surface area contributed by atoms with Crippen LogP contribution in [0.15, 0.2) is 41.2 Å². The zero-order valence-electron chi connectivity index (χ0n) is 17.2. The third-order valence-corrected chi connectivity index (χ3v) is 6.21. The molecule has 0 bridgehead atoms. The van der Waals surface area contributed by atoms with Gasteiger partial charge in [-0.2, -0.15) is 4.68 Å². The van der Waals surface area contributed by atoms with E-state index in [-0.39, 0.29) is 5.56 Å². The van der Waals surface area contributed by atoms with Crippen LogP contribution in [0.5, 0.6) is 0 Å². The van der Waals surface area contributed by atoms with Gasteiger partial charge in [0, 0.05) is 38.7 Å². The molecule has 0 atom stereocenters. The minimum Gasteiger partial charge on any atom is -0.352 e. The van der Waals surface area contributed by atoms with Crippen molar-refractivity contribution in [1.29, 1.82) is 0 Å². The van der Waals surface area contributed by atoms with Crippen LogP contribution in [0.3, 0.4) is 0 Å². The predicted molar refractivity (Wildman–Crippen MR) is 115 cm³/mol. The lowest BCUT2D eigenvalue weighted by atomic mass is 9.86. The van der Waals surface area contributed by atoms with Gasteiger partial charge in [0.05, 0.1) is 5.69 Å². The van der Waals surface area contributed by atoms with E-state index in [2.05, 4.69) is 10.00 Å². The molecule has 1 aliphatic carbocycles. The van der Waals surface area contributed by atoms with Crippen molar-refractivity contribution in [3.05, 3.63) is 52.3 Å². The van der Waals surface area contributed by atoms with E-state index in [1.807, 2.05) is 36.1 Å². The first-order chi connectivity index (χ1) is 14.1. The molecule has 1 saturated heterocycles. The van der Waals surface area contributed by atoms with Crippen LogP contribution in [-0.2, 0) is 4.79 Å². The number of benzene rings is 1. The van der Waals surface area contributed by atoms with Gasteiger partial charge in [-0.25, -0.2) is 0 Å². The summed E-state index contributed by atoms with van der Waals surface area (Å²) in [7, 11) is 0. The van der Waals surface area contributed by atoms with Crippen molar-refractivity contribution >= 4 is 11.7 Å². The molecule has 0 N–H and O–H groups in total. The van der Waals surface area contributed by atoms with Crippen LogP contribution < -0.4 is 10.5 Å². The molecule has 6 heteroatoms. The Kier molecular flexibility index (Phi) is 5.97. The van der Waals surface area contributed by atoms with Gasteiger partial charge >= 0.3 is 0 Å². The summed E-state index contributed by atoms with van der Waals surface area (Å²) in [6.45, 7) is 4.95. The summed E-state index contributed by atoms with van der Waals surface area (Å²) in [6.07, 6.45) is 6.98. The molecule has 2 aromatic rings. The fourth-order valence-electron chi connectivity index (χ4n) is 4.39. The number of carbonyl (C=O) groups is 1. The quantitative estimate of drug-likeness (QED) is 0.799. The van der Waals surface area contributed by atoms with Gasteiger partial charge in [-0.3, -0.25) is 9.59 Å². The molecule has 0 spiro atoms. The lowest BCUT2D eigenvalue weighted by molar-refractivity contribution is -0.132. The highest BCUT2D eigenvalue weighted by Gasteiger charge is 2.25. The number of rotatable bonds is 4. The van der Waals surface area contributed by atoms with Gasteiger partial charge in [0.2, 0.25) is 5.91 Å².